The van der Waals surface area contributed by atoms with E-state index in [0.29, 0.717) is 23.7 Å². The van der Waals surface area contributed by atoms with Gasteiger partial charge in [0.2, 0.25) is 0 Å². The first-order chi connectivity index (χ1) is 10.0. The number of carbonyl (C=O) groups is 2. The molecular formula is C16H20ClNO3. The Morgan fingerprint density at radius 2 is 2.05 bits per heavy atom. The second kappa shape index (κ2) is 6.94. The van der Waals surface area contributed by atoms with Gasteiger partial charge in [0.25, 0.3) is 5.91 Å². The first-order valence-corrected chi connectivity index (χ1v) is 7.64. The molecule has 1 amide bonds. The van der Waals surface area contributed by atoms with Crippen LogP contribution in [0.5, 0.6) is 0 Å². The van der Waals surface area contributed by atoms with Gasteiger partial charge in [-0.1, -0.05) is 30.7 Å². The number of halogens is 1. The van der Waals surface area contributed by atoms with E-state index in [1.165, 1.54) is 0 Å². The van der Waals surface area contributed by atoms with E-state index in [1.54, 1.807) is 43.0 Å². The smallest absolute Gasteiger partial charge is 0.310 e. The summed E-state index contributed by atoms with van der Waals surface area (Å²) in [6.07, 6.45) is 1.96. The number of hydrogen-bond acceptors (Lipinski definition) is 3. The lowest BCUT2D eigenvalue weighted by molar-refractivity contribution is -0.147. The van der Waals surface area contributed by atoms with Crippen molar-refractivity contribution in [2.24, 2.45) is 5.92 Å². The summed E-state index contributed by atoms with van der Waals surface area (Å²) in [5.74, 6) is -0.716. The molecule has 0 spiro atoms. The molecule has 0 heterocycles. The maximum absolute atomic E-state index is 12.7. The standard InChI is InChI=1S/C16H20ClNO3/c1-3-21-16(20)11(2)10-18(12-8-9-12)15(19)13-6-4-5-7-14(13)17/h4-7,11-12H,3,8-10H2,1-2H3. The third-order valence-corrected chi connectivity index (χ3v) is 3.84. The zero-order chi connectivity index (χ0) is 15.4. The van der Waals surface area contributed by atoms with Gasteiger partial charge >= 0.3 is 5.97 Å². The predicted molar refractivity (Wildman–Crippen MR) is 81.3 cm³/mol. The molecule has 5 heteroatoms. The second-order valence-corrected chi connectivity index (χ2v) is 5.73. The highest BCUT2D eigenvalue weighted by Crippen LogP contribution is 2.30. The number of benzene rings is 1. The molecule has 2 rings (SSSR count). The van der Waals surface area contributed by atoms with Crippen molar-refractivity contribution in [2.75, 3.05) is 13.2 Å². The molecule has 0 saturated heterocycles. The van der Waals surface area contributed by atoms with E-state index in [1.807, 2.05) is 0 Å². The number of ether oxygens (including phenoxy) is 1. The Kier molecular flexibility index (Phi) is 5.23. The van der Waals surface area contributed by atoms with Gasteiger partial charge in [0.1, 0.15) is 0 Å². The molecule has 1 saturated carbocycles. The van der Waals surface area contributed by atoms with Crippen molar-refractivity contribution in [3.05, 3.63) is 34.9 Å². The van der Waals surface area contributed by atoms with E-state index < -0.39 is 0 Å². The summed E-state index contributed by atoms with van der Waals surface area (Å²) in [4.78, 5) is 26.2. The fourth-order valence-corrected chi connectivity index (χ4v) is 2.44. The monoisotopic (exact) mass is 309 g/mol. The minimum atomic E-state index is -0.336. The molecule has 0 N–H and O–H groups in total. The number of hydrogen-bond donors (Lipinski definition) is 0. The highest BCUT2D eigenvalue weighted by molar-refractivity contribution is 6.33. The number of rotatable bonds is 6. The fourth-order valence-electron chi connectivity index (χ4n) is 2.23. The predicted octanol–water partition coefficient (Wildman–Crippen LogP) is 3.14. The zero-order valence-electron chi connectivity index (χ0n) is 12.3. The molecule has 1 aliphatic rings. The average Bonchev–Trinajstić information content (AvgIpc) is 3.29. The van der Waals surface area contributed by atoms with Gasteiger partial charge in [-0.3, -0.25) is 9.59 Å². The topological polar surface area (TPSA) is 46.6 Å². The van der Waals surface area contributed by atoms with Gasteiger partial charge in [-0.25, -0.2) is 0 Å². The SMILES string of the molecule is CCOC(=O)C(C)CN(C(=O)c1ccccc1Cl)C1CC1. The quantitative estimate of drug-likeness (QED) is 0.758. The van der Waals surface area contributed by atoms with Crippen molar-refractivity contribution in [2.45, 2.75) is 32.7 Å². The molecule has 21 heavy (non-hydrogen) atoms. The number of amides is 1. The summed E-state index contributed by atoms with van der Waals surface area (Å²) in [5.41, 5.74) is 0.488. The van der Waals surface area contributed by atoms with E-state index in [0.717, 1.165) is 12.8 Å². The van der Waals surface area contributed by atoms with Gasteiger partial charge < -0.3 is 9.64 Å². The second-order valence-electron chi connectivity index (χ2n) is 5.32. The highest BCUT2D eigenvalue weighted by atomic mass is 35.5. The van der Waals surface area contributed by atoms with Crippen LogP contribution in [0.1, 0.15) is 37.0 Å². The first-order valence-electron chi connectivity index (χ1n) is 7.26. The first kappa shape index (κ1) is 15.8. The van der Waals surface area contributed by atoms with E-state index >= 15 is 0 Å². The largest absolute Gasteiger partial charge is 0.466 e. The lowest BCUT2D eigenvalue weighted by atomic mass is 10.1. The summed E-state index contributed by atoms with van der Waals surface area (Å²) in [7, 11) is 0. The van der Waals surface area contributed by atoms with Crippen LogP contribution in [0.4, 0.5) is 0 Å². The van der Waals surface area contributed by atoms with Gasteiger partial charge in [-0.2, -0.15) is 0 Å². The molecule has 114 valence electrons. The molecule has 1 aromatic rings. The van der Waals surface area contributed by atoms with Crippen LogP contribution in [0.2, 0.25) is 5.02 Å². The van der Waals surface area contributed by atoms with Gasteiger partial charge in [0.05, 0.1) is 23.1 Å². The highest BCUT2D eigenvalue weighted by Gasteiger charge is 2.35. The van der Waals surface area contributed by atoms with Crippen LogP contribution < -0.4 is 0 Å². The average molecular weight is 310 g/mol. The summed E-state index contributed by atoms with van der Waals surface area (Å²) in [6, 6.07) is 7.22. The number of carbonyl (C=O) groups excluding carboxylic acids is 2. The number of nitrogens with zero attached hydrogens (tertiary/aromatic N) is 1. The van der Waals surface area contributed by atoms with Crippen LogP contribution >= 0.6 is 11.6 Å². The third-order valence-electron chi connectivity index (χ3n) is 3.51. The fraction of sp³-hybridized carbons (Fsp3) is 0.500. The minimum Gasteiger partial charge on any atom is -0.466 e. The van der Waals surface area contributed by atoms with Crippen molar-refractivity contribution in [1.29, 1.82) is 0 Å². The zero-order valence-corrected chi connectivity index (χ0v) is 13.1. The molecule has 0 aromatic heterocycles. The summed E-state index contributed by atoms with van der Waals surface area (Å²) in [5, 5.41) is 0.442. The molecule has 1 unspecified atom stereocenters. The third kappa shape index (κ3) is 3.97. The van der Waals surface area contributed by atoms with E-state index in [2.05, 4.69) is 0 Å². The Morgan fingerprint density at radius 3 is 2.62 bits per heavy atom. The van der Waals surface area contributed by atoms with E-state index in [4.69, 9.17) is 16.3 Å². The molecule has 1 aliphatic carbocycles. The molecule has 4 nitrogen and oxygen atoms in total. The maximum Gasteiger partial charge on any atom is 0.310 e. The Labute approximate surface area is 130 Å². The van der Waals surface area contributed by atoms with Crippen LogP contribution in [-0.2, 0) is 9.53 Å². The van der Waals surface area contributed by atoms with Crippen molar-refractivity contribution in [1.82, 2.24) is 4.90 Å². The Bertz CT molecular complexity index is 528. The Hall–Kier alpha value is -1.55. The van der Waals surface area contributed by atoms with Crippen molar-refractivity contribution < 1.29 is 14.3 Å². The summed E-state index contributed by atoms with van der Waals surface area (Å²) in [6.45, 7) is 4.28. The van der Waals surface area contributed by atoms with Crippen LogP contribution in [0.25, 0.3) is 0 Å². The van der Waals surface area contributed by atoms with Crippen molar-refractivity contribution in [3.8, 4) is 0 Å². The van der Waals surface area contributed by atoms with Crippen molar-refractivity contribution >= 4 is 23.5 Å². The van der Waals surface area contributed by atoms with Gasteiger partial charge in [-0.15, -0.1) is 0 Å². The van der Waals surface area contributed by atoms with Crippen LogP contribution in [-0.4, -0.2) is 36.0 Å². The van der Waals surface area contributed by atoms with Gasteiger partial charge in [-0.05, 0) is 31.9 Å². The summed E-state index contributed by atoms with van der Waals surface area (Å²) < 4.78 is 5.01. The Balaban J connectivity index is 2.11. The lowest BCUT2D eigenvalue weighted by Crippen LogP contribution is -2.39. The molecule has 0 aliphatic heterocycles. The van der Waals surface area contributed by atoms with Gasteiger partial charge in [0.15, 0.2) is 0 Å². The minimum absolute atomic E-state index is 0.112. The molecule has 1 fully saturated rings. The Morgan fingerprint density at radius 1 is 1.38 bits per heavy atom. The normalized spacial score (nSPS) is 15.4. The van der Waals surface area contributed by atoms with Crippen molar-refractivity contribution in [3.63, 3.8) is 0 Å². The molecule has 1 atom stereocenters. The van der Waals surface area contributed by atoms with Crippen LogP contribution in [0.15, 0.2) is 24.3 Å². The van der Waals surface area contributed by atoms with E-state index in [9.17, 15) is 9.59 Å². The number of esters is 1. The maximum atomic E-state index is 12.7. The van der Waals surface area contributed by atoms with Crippen LogP contribution in [0, 0.1) is 5.92 Å². The summed E-state index contributed by atoms with van der Waals surface area (Å²) >= 11 is 6.10. The van der Waals surface area contributed by atoms with Crippen LogP contribution in [0.3, 0.4) is 0 Å². The molecule has 0 bridgehead atoms. The lowest BCUT2D eigenvalue weighted by Gasteiger charge is -2.25. The molecule has 0 radical (unpaired) electrons. The van der Waals surface area contributed by atoms with Gasteiger partial charge in [0, 0.05) is 12.6 Å². The molecular weight excluding hydrogens is 290 g/mol. The van der Waals surface area contributed by atoms with E-state index in [-0.39, 0.29) is 23.8 Å². The molecule has 1 aromatic carbocycles.